The highest BCUT2D eigenvalue weighted by Gasteiger charge is 2.07. The maximum absolute atomic E-state index is 10.7. The molecule has 0 saturated heterocycles. The normalized spacial score (nSPS) is 10.7. The van der Waals surface area contributed by atoms with Gasteiger partial charge in [0.1, 0.15) is 5.75 Å². The highest BCUT2D eigenvalue weighted by molar-refractivity contribution is 7.98. The number of oxime groups is 1. The van der Waals surface area contributed by atoms with Crippen LogP contribution in [0.1, 0.15) is 25.0 Å². The van der Waals surface area contributed by atoms with Crippen LogP contribution in [0, 0.1) is 6.92 Å². The number of carbonyl (C=O) groups is 1. The highest BCUT2D eigenvalue weighted by Crippen LogP contribution is 2.28. The van der Waals surface area contributed by atoms with Crippen LogP contribution in [-0.2, 0) is 9.63 Å². The first kappa shape index (κ1) is 14.6. The summed E-state index contributed by atoms with van der Waals surface area (Å²) in [6.07, 6.45) is 3.50. The Morgan fingerprint density at radius 2 is 2.22 bits per heavy atom. The zero-order valence-electron chi connectivity index (χ0n) is 11.0. The number of thioether (sulfide) groups is 1. The van der Waals surface area contributed by atoms with Gasteiger partial charge in [-0.2, -0.15) is 0 Å². The van der Waals surface area contributed by atoms with Gasteiger partial charge in [-0.1, -0.05) is 5.16 Å². The van der Waals surface area contributed by atoms with E-state index in [1.54, 1.807) is 11.8 Å². The zero-order chi connectivity index (χ0) is 13.5. The molecule has 1 rings (SSSR count). The van der Waals surface area contributed by atoms with Gasteiger partial charge in [0, 0.05) is 17.4 Å². The first-order valence-corrected chi connectivity index (χ1v) is 6.83. The van der Waals surface area contributed by atoms with E-state index < -0.39 is 5.97 Å². The molecule has 0 saturated carbocycles. The monoisotopic (exact) mass is 267 g/mol. The topological polar surface area (TPSA) is 47.9 Å². The van der Waals surface area contributed by atoms with Gasteiger partial charge < -0.3 is 9.57 Å². The Kier molecular flexibility index (Phi) is 5.71. The molecule has 0 amide bonds. The van der Waals surface area contributed by atoms with Crippen molar-refractivity contribution >= 4 is 23.9 Å². The van der Waals surface area contributed by atoms with Gasteiger partial charge in [-0.05, 0) is 37.8 Å². The molecule has 0 unspecified atom stereocenters. The first-order chi connectivity index (χ1) is 8.58. The lowest BCUT2D eigenvalue weighted by molar-refractivity contribution is -0.140. The average molecular weight is 267 g/mol. The number of hydrogen-bond donors (Lipinski definition) is 0. The molecule has 0 aromatic heterocycles. The lowest BCUT2D eigenvalue weighted by Crippen LogP contribution is -1.99. The summed E-state index contributed by atoms with van der Waals surface area (Å²) < 4.78 is 5.53. The smallest absolute Gasteiger partial charge is 0.331 e. The van der Waals surface area contributed by atoms with Gasteiger partial charge >= 0.3 is 5.97 Å². The van der Waals surface area contributed by atoms with Crippen molar-refractivity contribution in [2.75, 3.05) is 12.9 Å². The minimum Gasteiger partial charge on any atom is -0.493 e. The van der Waals surface area contributed by atoms with E-state index in [4.69, 9.17) is 4.74 Å². The van der Waals surface area contributed by atoms with Crippen molar-refractivity contribution in [3.63, 3.8) is 0 Å². The lowest BCUT2D eigenvalue weighted by atomic mass is 10.1. The molecule has 98 valence electrons. The number of nitrogens with zero attached hydrogens (tertiary/aromatic N) is 1. The van der Waals surface area contributed by atoms with E-state index in [2.05, 4.69) is 9.99 Å². The lowest BCUT2D eigenvalue weighted by Gasteiger charge is -2.10. The summed E-state index contributed by atoms with van der Waals surface area (Å²) in [4.78, 5) is 16.3. The number of hydrogen-bond acceptors (Lipinski definition) is 5. The van der Waals surface area contributed by atoms with Crippen LogP contribution in [0.25, 0.3) is 0 Å². The summed E-state index contributed by atoms with van der Waals surface area (Å²) in [5.41, 5.74) is 1.95. The Labute approximate surface area is 111 Å². The number of carbonyl (C=O) groups excluding carboxylic acids is 1. The van der Waals surface area contributed by atoms with E-state index in [0.717, 1.165) is 21.8 Å². The molecule has 5 heteroatoms. The summed E-state index contributed by atoms with van der Waals surface area (Å²) >= 11 is 1.65. The molecule has 1 aromatic carbocycles. The van der Waals surface area contributed by atoms with Crippen molar-refractivity contribution in [3.05, 3.63) is 23.3 Å². The van der Waals surface area contributed by atoms with E-state index in [1.807, 2.05) is 32.2 Å². The Balaban J connectivity index is 3.05. The molecular weight excluding hydrogens is 250 g/mol. The number of benzene rings is 1. The molecule has 0 heterocycles. The Morgan fingerprint density at radius 3 is 2.78 bits per heavy atom. The summed E-state index contributed by atoms with van der Waals surface area (Å²) in [5, 5.41) is 3.63. The molecule has 0 spiro atoms. The van der Waals surface area contributed by atoms with Gasteiger partial charge in [0.15, 0.2) is 0 Å². The van der Waals surface area contributed by atoms with Crippen LogP contribution in [0.5, 0.6) is 5.75 Å². The Morgan fingerprint density at radius 1 is 1.50 bits per heavy atom. The van der Waals surface area contributed by atoms with E-state index >= 15 is 0 Å². The second kappa shape index (κ2) is 7.06. The predicted octanol–water partition coefficient (Wildman–Crippen LogP) is 3.01. The quantitative estimate of drug-likeness (QED) is 0.356. The van der Waals surface area contributed by atoms with Gasteiger partial charge in [-0.15, -0.1) is 11.8 Å². The fourth-order valence-electron chi connectivity index (χ4n) is 1.44. The van der Waals surface area contributed by atoms with Crippen LogP contribution in [0.3, 0.4) is 0 Å². The van der Waals surface area contributed by atoms with E-state index in [9.17, 15) is 4.79 Å². The van der Waals surface area contributed by atoms with Crippen LogP contribution in [0.4, 0.5) is 0 Å². The van der Waals surface area contributed by atoms with Gasteiger partial charge in [0.05, 0.1) is 12.8 Å². The SMILES string of the molecule is CCOc1cc(C)c(SC)cc1C=NOC(C)=O. The number of aryl methyl sites for hydroxylation is 1. The van der Waals surface area contributed by atoms with Gasteiger partial charge in [-0.3, -0.25) is 0 Å². The molecule has 0 aliphatic carbocycles. The fraction of sp³-hybridized carbons (Fsp3) is 0.385. The van der Waals surface area contributed by atoms with Gasteiger partial charge in [-0.25, -0.2) is 4.79 Å². The minimum atomic E-state index is -0.443. The zero-order valence-corrected chi connectivity index (χ0v) is 11.8. The van der Waals surface area contributed by atoms with E-state index in [-0.39, 0.29) is 0 Å². The van der Waals surface area contributed by atoms with Crippen LogP contribution >= 0.6 is 11.8 Å². The highest BCUT2D eigenvalue weighted by atomic mass is 32.2. The third-order valence-corrected chi connectivity index (χ3v) is 3.08. The van der Waals surface area contributed by atoms with Crippen LogP contribution in [0.15, 0.2) is 22.2 Å². The molecule has 0 aliphatic heterocycles. The van der Waals surface area contributed by atoms with Crippen molar-refractivity contribution in [1.82, 2.24) is 0 Å². The molecule has 18 heavy (non-hydrogen) atoms. The Hall–Kier alpha value is -1.49. The maximum atomic E-state index is 10.7. The molecule has 0 aliphatic rings. The number of rotatable bonds is 5. The Bertz CT molecular complexity index is 458. The number of ether oxygens (including phenoxy) is 1. The van der Waals surface area contributed by atoms with Crippen molar-refractivity contribution in [2.45, 2.75) is 25.7 Å². The van der Waals surface area contributed by atoms with E-state index in [0.29, 0.717) is 6.61 Å². The van der Waals surface area contributed by atoms with Crippen molar-refractivity contribution < 1.29 is 14.4 Å². The summed E-state index contributed by atoms with van der Waals surface area (Å²) in [6.45, 7) is 5.84. The second-order valence-electron chi connectivity index (χ2n) is 3.61. The van der Waals surface area contributed by atoms with Crippen molar-refractivity contribution in [1.29, 1.82) is 0 Å². The molecule has 0 radical (unpaired) electrons. The van der Waals surface area contributed by atoms with Crippen LogP contribution in [0.2, 0.25) is 0 Å². The molecule has 4 nitrogen and oxygen atoms in total. The average Bonchev–Trinajstić information content (AvgIpc) is 2.31. The molecule has 0 atom stereocenters. The van der Waals surface area contributed by atoms with Crippen molar-refractivity contribution in [2.24, 2.45) is 5.16 Å². The predicted molar refractivity (Wildman–Crippen MR) is 73.5 cm³/mol. The first-order valence-electron chi connectivity index (χ1n) is 5.60. The molecular formula is C13H17NO3S. The third-order valence-electron chi connectivity index (χ3n) is 2.20. The summed E-state index contributed by atoms with van der Waals surface area (Å²) in [6, 6.07) is 3.93. The molecule has 1 aromatic rings. The maximum Gasteiger partial charge on any atom is 0.331 e. The molecule has 0 fully saturated rings. The van der Waals surface area contributed by atoms with Crippen LogP contribution < -0.4 is 4.74 Å². The fourth-order valence-corrected chi connectivity index (χ4v) is 2.06. The van der Waals surface area contributed by atoms with E-state index in [1.165, 1.54) is 13.1 Å². The van der Waals surface area contributed by atoms with Crippen LogP contribution in [-0.4, -0.2) is 25.0 Å². The van der Waals surface area contributed by atoms with Gasteiger partial charge in [0.2, 0.25) is 0 Å². The van der Waals surface area contributed by atoms with Gasteiger partial charge in [0.25, 0.3) is 0 Å². The van der Waals surface area contributed by atoms with Crippen molar-refractivity contribution in [3.8, 4) is 5.75 Å². The third kappa shape index (κ3) is 4.07. The standard InChI is InChI=1S/C13H17NO3S/c1-5-16-12-6-9(2)13(18-4)7-11(12)8-14-17-10(3)15/h6-8H,5H2,1-4H3. The molecule has 0 bridgehead atoms. The summed E-state index contributed by atoms with van der Waals surface area (Å²) in [7, 11) is 0. The minimum absolute atomic E-state index is 0.443. The second-order valence-corrected chi connectivity index (χ2v) is 4.46. The summed E-state index contributed by atoms with van der Waals surface area (Å²) in [5.74, 6) is 0.296. The molecule has 0 N–H and O–H groups in total. The largest absolute Gasteiger partial charge is 0.493 e.